The number of amides is 1. The molecule has 2 rings (SSSR count). The molecule has 0 aliphatic rings. The van der Waals surface area contributed by atoms with E-state index in [-0.39, 0.29) is 11.9 Å². The molecule has 6 heteroatoms. The fourth-order valence-corrected chi connectivity index (χ4v) is 3.66. The van der Waals surface area contributed by atoms with Gasteiger partial charge in [-0.3, -0.25) is 4.79 Å². The lowest BCUT2D eigenvalue weighted by molar-refractivity contribution is 0.0944. The molecular weight excluding hydrogens is 406 g/mol. The second kappa shape index (κ2) is 6.74. The van der Waals surface area contributed by atoms with Crippen molar-refractivity contribution in [2.24, 2.45) is 0 Å². The van der Waals surface area contributed by atoms with Crippen LogP contribution >= 0.6 is 43.2 Å². The molecule has 3 nitrogen and oxygen atoms in total. The molecule has 1 amide bonds. The zero-order valence-corrected chi connectivity index (χ0v) is 14.9. The highest BCUT2D eigenvalue weighted by atomic mass is 79.9. The maximum Gasteiger partial charge on any atom is 0.261 e. The van der Waals surface area contributed by atoms with Crippen LogP contribution < -0.4 is 10.1 Å². The smallest absolute Gasteiger partial charge is 0.261 e. The summed E-state index contributed by atoms with van der Waals surface area (Å²) in [6.07, 6.45) is 0. The summed E-state index contributed by atoms with van der Waals surface area (Å²) in [5, 5.41) is 2.98. The summed E-state index contributed by atoms with van der Waals surface area (Å²) in [6, 6.07) is 9.40. The van der Waals surface area contributed by atoms with Gasteiger partial charge in [0.25, 0.3) is 5.91 Å². The third kappa shape index (κ3) is 3.62. The van der Waals surface area contributed by atoms with E-state index in [0.717, 1.165) is 19.6 Å². The quantitative estimate of drug-likeness (QED) is 0.776. The summed E-state index contributed by atoms with van der Waals surface area (Å²) < 4.78 is 6.99. The van der Waals surface area contributed by atoms with E-state index in [1.807, 2.05) is 37.3 Å². The van der Waals surface area contributed by atoms with Crippen LogP contribution in [0.25, 0.3) is 0 Å². The Balaban J connectivity index is 2.10. The van der Waals surface area contributed by atoms with E-state index < -0.39 is 0 Å². The average molecular weight is 419 g/mol. The van der Waals surface area contributed by atoms with Gasteiger partial charge < -0.3 is 10.1 Å². The summed E-state index contributed by atoms with van der Waals surface area (Å²) in [7, 11) is 1.63. The molecule has 1 N–H and O–H groups in total. The van der Waals surface area contributed by atoms with Gasteiger partial charge in [0, 0.05) is 4.47 Å². The third-order valence-electron chi connectivity index (χ3n) is 2.81. The molecule has 1 aromatic carbocycles. The molecule has 2 aromatic rings. The number of ether oxygens (including phenoxy) is 1. The number of benzene rings is 1. The Labute approximate surface area is 138 Å². The zero-order valence-electron chi connectivity index (χ0n) is 10.9. The molecule has 0 fully saturated rings. The van der Waals surface area contributed by atoms with Crippen LogP contribution in [0.3, 0.4) is 0 Å². The van der Waals surface area contributed by atoms with Crippen molar-refractivity contribution in [1.82, 2.24) is 5.32 Å². The first kappa shape index (κ1) is 15.5. The van der Waals surface area contributed by atoms with Crippen LogP contribution in [-0.2, 0) is 0 Å². The van der Waals surface area contributed by atoms with Gasteiger partial charge in [0.05, 0.1) is 21.8 Å². The first-order valence-electron chi connectivity index (χ1n) is 5.91. The minimum atomic E-state index is -0.0864. The van der Waals surface area contributed by atoms with Crippen LogP contribution in [0.4, 0.5) is 0 Å². The first-order chi connectivity index (χ1) is 9.51. The van der Waals surface area contributed by atoms with Gasteiger partial charge in [0.15, 0.2) is 0 Å². The first-order valence-corrected chi connectivity index (χ1v) is 8.31. The Morgan fingerprint density at radius 1 is 1.35 bits per heavy atom. The molecule has 20 heavy (non-hydrogen) atoms. The predicted molar refractivity (Wildman–Crippen MR) is 88.6 cm³/mol. The molecule has 0 saturated heterocycles. The standard InChI is InChI=1S/C14H13Br2NO2S/c1-8(9-4-3-5-10(6-9)19-2)17-14(18)12-7-11(15)13(16)20-12/h3-8H,1-2H3,(H,17,18)/t8-/m1/s1. The summed E-state index contributed by atoms with van der Waals surface area (Å²) in [5.41, 5.74) is 1.01. The van der Waals surface area contributed by atoms with Gasteiger partial charge in [0.2, 0.25) is 0 Å². The highest BCUT2D eigenvalue weighted by Crippen LogP contribution is 2.32. The lowest BCUT2D eigenvalue weighted by Gasteiger charge is -2.14. The second-order valence-corrected chi connectivity index (χ2v) is 7.43. The Kier molecular flexibility index (Phi) is 5.23. The van der Waals surface area contributed by atoms with E-state index >= 15 is 0 Å². The van der Waals surface area contributed by atoms with E-state index in [4.69, 9.17) is 4.74 Å². The average Bonchev–Trinajstić information content (AvgIpc) is 2.79. The van der Waals surface area contributed by atoms with Crippen LogP contribution in [0.2, 0.25) is 0 Å². The fraction of sp³-hybridized carbons (Fsp3) is 0.214. The highest BCUT2D eigenvalue weighted by molar-refractivity contribution is 9.13. The minimum Gasteiger partial charge on any atom is -0.497 e. The van der Waals surface area contributed by atoms with Crippen LogP contribution in [-0.4, -0.2) is 13.0 Å². The predicted octanol–water partition coefficient (Wildman–Crippen LogP) is 4.77. The number of methoxy groups -OCH3 is 1. The molecule has 0 aliphatic carbocycles. The van der Waals surface area contributed by atoms with E-state index in [1.165, 1.54) is 11.3 Å². The maximum absolute atomic E-state index is 12.2. The zero-order chi connectivity index (χ0) is 14.7. The van der Waals surface area contributed by atoms with Gasteiger partial charge in [0.1, 0.15) is 5.75 Å². The molecule has 106 valence electrons. The van der Waals surface area contributed by atoms with Gasteiger partial charge in [-0.25, -0.2) is 0 Å². The van der Waals surface area contributed by atoms with E-state index in [1.54, 1.807) is 7.11 Å². The van der Waals surface area contributed by atoms with Crippen LogP contribution in [0.5, 0.6) is 5.75 Å². The van der Waals surface area contributed by atoms with Gasteiger partial charge in [-0.1, -0.05) is 12.1 Å². The number of halogens is 2. The SMILES string of the molecule is COc1cccc([C@@H](C)NC(=O)c2cc(Br)c(Br)s2)c1. The van der Waals surface area contributed by atoms with Crippen LogP contribution in [0.15, 0.2) is 38.6 Å². The maximum atomic E-state index is 12.2. The lowest BCUT2D eigenvalue weighted by Crippen LogP contribution is -2.25. The summed E-state index contributed by atoms with van der Waals surface area (Å²) in [5.74, 6) is 0.696. The lowest BCUT2D eigenvalue weighted by atomic mass is 10.1. The van der Waals surface area contributed by atoms with Crippen molar-refractivity contribution in [2.75, 3.05) is 7.11 Å². The molecule has 0 unspecified atom stereocenters. The molecule has 1 aromatic heterocycles. The van der Waals surface area contributed by atoms with Crippen molar-refractivity contribution in [3.8, 4) is 5.75 Å². The molecule has 0 bridgehead atoms. The molecular formula is C14H13Br2NO2S. The van der Waals surface area contributed by atoms with Crippen molar-refractivity contribution in [2.45, 2.75) is 13.0 Å². The number of hydrogen-bond acceptors (Lipinski definition) is 3. The van der Waals surface area contributed by atoms with E-state index in [9.17, 15) is 4.79 Å². The minimum absolute atomic E-state index is 0.0859. The monoisotopic (exact) mass is 417 g/mol. The molecule has 0 spiro atoms. The Bertz CT molecular complexity index is 608. The van der Waals surface area contributed by atoms with Crippen LogP contribution in [0, 0.1) is 0 Å². The van der Waals surface area contributed by atoms with Gasteiger partial charge >= 0.3 is 0 Å². The molecule has 1 atom stereocenters. The Hall–Kier alpha value is -0.850. The number of hydrogen-bond donors (Lipinski definition) is 1. The number of carbonyl (C=O) groups excluding carboxylic acids is 1. The van der Waals surface area contributed by atoms with Crippen molar-refractivity contribution in [3.05, 3.63) is 49.0 Å². The van der Waals surface area contributed by atoms with Gasteiger partial charge in [-0.2, -0.15) is 0 Å². The summed E-state index contributed by atoms with van der Waals surface area (Å²) >= 11 is 8.17. The number of thiophene rings is 1. The topological polar surface area (TPSA) is 38.3 Å². The summed E-state index contributed by atoms with van der Waals surface area (Å²) in [4.78, 5) is 12.8. The number of nitrogens with one attached hydrogen (secondary N) is 1. The normalized spacial score (nSPS) is 12.0. The number of rotatable bonds is 4. The van der Waals surface area contributed by atoms with Crippen molar-refractivity contribution in [1.29, 1.82) is 0 Å². The Morgan fingerprint density at radius 3 is 2.70 bits per heavy atom. The van der Waals surface area contributed by atoms with Crippen molar-refractivity contribution in [3.63, 3.8) is 0 Å². The Morgan fingerprint density at radius 2 is 2.10 bits per heavy atom. The van der Waals surface area contributed by atoms with Crippen molar-refractivity contribution < 1.29 is 9.53 Å². The molecule has 1 heterocycles. The van der Waals surface area contributed by atoms with E-state index in [0.29, 0.717) is 4.88 Å². The molecule has 0 aliphatic heterocycles. The fourth-order valence-electron chi connectivity index (χ4n) is 1.72. The second-order valence-electron chi connectivity index (χ2n) is 4.20. The molecule has 0 radical (unpaired) electrons. The van der Waals surface area contributed by atoms with Crippen molar-refractivity contribution >= 4 is 49.1 Å². The third-order valence-corrected chi connectivity index (χ3v) is 6.07. The van der Waals surface area contributed by atoms with Gasteiger partial charge in [-0.15, -0.1) is 11.3 Å². The van der Waals surface area contributed by atoms with Crippen LogP contribution in [0.1, 0.15) is 28.2 Å². The van der Waals surface area contributed by atoms with Gasteiger partial charge in [-0.05, 0) is 62.5 Å². The molecule has 0 saturated carbocycles. The highest BCUT2D eigenvalue weighted by Gasteiger charge is 2.15. The number of carbonyl (C=O) groups is 1. The largest absolute Gasteiger partial charge is 0.497 e. The van der Waals surface area contributed by atoms with E-state index in [2.05, 4.69) is 37.2 Å². The summed E-state index contributed by atoms with van der Waals surface area (Å²) in [6.45, 7) is 1.95.